The molecule has 0 aliphatic rings. The molecule has 170 valence electrons. The number of methoxy groups -OCH3 is 1. The van der Waals surface area contributed by atoms with Gasteiger partial charge in [-0.05, 0) is 62.6 Å². The topological polar surface area (TPSA) is 84.9 Å². The summed E-state index contributed by atoms with van der Waals surface area (Å²) in [6.45, 7) is 6.47. The lowest BCUT2D eigenvalue weighted by Crippen LogP contribution is -2.37. The number of hydrogen-bond acceptors (Lipinski definition) is 5. The second kappa shape index (κ2) is 11.0. The van der Waals surface area contributed by atoms with Gasteiger partial charge in [-0.3, -0.25) is 9.10 Å². The van der Waals surface area contributed by atoms with Crippen LogP contribution in [0, 0.1) is 13.8 Å². The van der Waals surface area contributed by atoms with Crippen molar-refractivity contribution in [3.8, 4) is 11.5 Å². The molecule has 0 unspecified atom stereocenters. The van der Waals surface area contributed by atoms with Crippen molar-refractivity contribution in [1.82, 2.24) is 5.32 Å². The highest BCUT2D eigenvalue weighted by Gasteiger charge is 2.21. The van der Waals surface area contributed by atoms with Gasteiger partial charge >= 0.3 is 0 Å². The molecule has 8 heteroatoms. The summed E-state index contributed by atoms with van der Waals surface area (Å²) in [5.74, 6) is 1.09. The van der Waals surface area contributed by atoms with Crippen LogP contribution in [0.15, 0.2) is 42.5 Å². The summed E-state index contributed by atoms with van der Waals surface area (Å²) in [6.07, 6.45) is 1.72. The summed E-state index contributed by atoms with van der Waals surface area (Å²) in [5.41, 5.74) is 2.81. The van der Waals surface area contributed by atoms with E-state index in [2.05, 4.69) is 5.32 Å². The average molecular weight is 449 g/mol. The molecule has 0 radical (unpaired) electrons. The second-order valence-electron chi connectivity index (χ2n) is 7.64. The van der Waals surface area contributed by atoms with Crippen LogP contribution in [0.25, 0.3) is 0 Å². The van der Waals surface area contributed by atoms with Gasteiger partial charge in [-0.15, -0.1) is 0 Å². The van der Waals surface area contributed by atoms with Crippen molar-refractivity contribution in [2.45, 2.75) is 39.7 Å². The van der Waals surface area contributed by atoms with Crippen molar-refractivity contribution in [3.05, 3.63) is 53.6 Å². The lowest BCUT2D eigenvalue weighted by atomic mass is 10.1. The fraction of sp³-hybridized carbons (Fsp3) is 0.435. The van der Waals surface area contributed by atoms with Crippen LogP contribution >= 0.6 is 0 Å². The van der Waals surface area contributed by atoms with E-state index in [9.17, 15) is 13.2 Å². The smallest absolute Gasteiger partial charge is 0.232 e. The third-order valence-electron chi connectivity index (χ3n) is 4.90. The molecule has 0 aromatic heterocycles. The van der Waals surface area contributed by atoms with Crippen LogP contribution in [0.3, 0.4) is 0 Å². The Kier molecular flexibility index (Phi) is 8.74. The van der Waals surface area contributed by atoms with Gasteiger partial charge in [0.25, 0.3) is 0 Å². The number of anilines is 1. The Labute approximate surface area is 185 Å². The molecular weight excluding hydrogens is 416 g/mol. The summed E-state index contributed by atoms with van der Waals surface area (Å²) < 4.78 is 36.9. The number of ether oxygens (including phenoxy) is 2. The van der Waals surface area contributed by atoms with Crippen molar-refractivity contribution < 1.29 is 22.7 Å². The molecule has 1 amide bonds. The molecule has 2 aromatic rings. The van der Waals surface area contributed by atoms with Gasteiger partial charge in [-0.1, -0.05) is 18.2 Å². The lowest BCUT2D eigenvalue weighted by molar-refractivity contribution is -0.121. The molecule has 0 fully saturated rings. The molecule has 1 atom stereocenters. The maximum Gasteiger partial charge on any atom is 0.232 e. The summed E-state index contributed by atoms with van der Waals surface area (Å²) >= 11 is 0. The molecule has 0 saturated carbocycles. The quantitative estimate of drug-likeness (QED) is 0.569. The van der Waals surface area contributed by atoms with Crippen molar-refractivity contribution in [1.29, 1.82) is 0 Å². The average Bonchev–Trinajstić information content (AvgIpc) is 2.71. The Balaban J connectivity index is 1.85. The predicted molar refractivity (Wildman–Crippen MR) is 123 cm³/mol. The molecule has 2 aromatic carbocycles. The maximum absolute atomic E-state index is 12.3. The minimum Gasteiger partial charge on any atom is -0.495 e. The van der Waals surface area contributed by atoms with Crippen LogP contribution in [-0.2, 0) is 14.8 Å². The number of carbonyl (C=O) groups is 1. The molecular formula is C23H32N2O5S. The normalized spacial score (nSPS) is 12.2. The van der Waals surface area contributed by atoms with Crippen molar-refractivity contribution >= 4 is 21.6 Å². The fourth-order valence-corrected chi connectivity index (χ4v) is 4.07. The van der Waals surface area contributed by atoms with E-state index in [1.807, 2.05) is 39.0 Å². The van der Waals surface area contributed by atoms with Gasteiger partial charge in [0.1, 0.15) is 18.1 Å². The molecule has 0 spiro atoms. The fourth-order valence-electron chi connectivity index (χ4n) is 3.10. The number of aryl methyl sites for hydroxylation is 2. The van der Waals surface area contributed by atoms with E-state index in [-0.39, 0.29) is 24.9 Å². The molecule has 0 heterocycles. The Morgan fingerprint density at radius 3 is 2.48 bits per heavy atom. The van der Waals surface area contributed by atoms with E-state index >= 15 is 0 Å². The minimum atomic E-state index is -3.52. The standard InChI is InChI=1S/C23H32N2O5S/c1-17-12-13-20(15-18(17)2)30-16-19(3)24-23(26)11-8-14-25(31(5,27)28)21-9-6-7-10-22(21)29-4/h6-7,9-10,12-13,15,19H,8,11,14,16H2,1-5H3,(H,24,26)/t19-/m0/s1. The molecule has 0 aliphatic heterocycles. The number of hydrogen-bond donors (Lipinski definition) is 1. The number of rotatable bonds is 11. The summed E-state index contributed by atoms with van der Waals surface area (Å²) in [7, 11) is -2.02. The highest BCUT2D eigenvalue weighted by atomic mass is 32.2. The minimum absolute atomic E-state index is 0.148. The summed E-state index contributed by atoms with van der Waals surface area (Å²) in [5, 5.41) is 2.89. The van der Waals surface area contributed by atoms with Gasteiger partial charge in [0.2, 0.25) is 15.9 Å². The van der Waals surface area contributed by atoms with E-state index < -0.39 is 10.0 Å². The van der Waals surface area contributed by atoms with Crippen LogP contribution in [0.4, 0.5) is 5.69 Å². The number of nitrogens with zero attached hydrogens (tertiary/aromatic N) is 1. The summed E-state index contributed by atoms with van der Waals surface area (Å²) in [6, 6.07) is 12.6. The highest BCUT2D eigenvalue weighted by molar-refractivity contribution is 7.92. The van der Waals surface area contributed by atoms with Gasteiger partial charge in [0.05, 0.1) is 25.1 Å². The molecule has 0 bridgehead atoms. The number of carbonyl (C=O) groups excluding carboxylic acids is 1. The van der Waals surface area contributed by atoms with Crippen LogP contribution in [0.2, 0.25) is 0 Å². The zero-order chi connectivity index (χ0) is 23.0. The molecule has 0 saturated heterocycles. The van der Waals surface area contributed by atoms with Crippen molar-refractivity contribution in [2.24, 2.45) is 0 Å². The zero-order valence-electron chi connectivity index (χ0n) is 18.8. The second-order valence-corrected chi connectivity index (χ2v) is 9.54. The molecule has 1 N–H and O–H groups in total. The van der Waals surface area contributed by atoms with Crippen LogP contribution in [0.1, 0.15) is 30.9 Å². The van der Waals surface area contributed by atoms with E-state index in [1.165, 1.54) is 17.0 Å². The molecule has 7 nitrogen and oxygen atoms in total. The van der Waals surface area contributed by atoms with Crippen LogP contribution in [-0.4, -0.2) is 46.9 Å². The number of amides is 1. The van der Waals surface area contributed by atoms with Gasteiger partial charge in [-0.25, -0.2) is 8.42 Å². The van der Waals surface area contributed by atoms with Crippen molar-refractivity contribution in [2.75, 3.05) is 30.8 Å². The number of nitrogens with one attached hydrogen (secondary N) is 1. The molecule has 0 aliphatic carbocycles. The lowest BCUT2D eigenvalue weighted by Gasteiger charge is -2.24. The van der Waals surface area contributed by atoms with Gasteiger partial charge < -0.3 is 14.8 Å². The first-order valence-corrected chi connectivity index (χ1v) is 12.1. The first kappa shape index (κ1) is 24.5. The zero-order valence-corrected chi connectivity index (χ0v) is 19.7. The Morgan fingerprint density at radius 1 is 1.13 bits per heavy atom. The Bertz CT molecular complexity index is 991. The van der Waals surface area contributed by atoms with E-state index in [1.54, 1.807) is 24.3 Å². The van der Waals surface area contributed by atoms with Gasteiger partial charge in [-0.2, -0.15) is 0 Å². The SMILES string of the molecule is COc1ccccc1N(CCCC(=O)N[C@@H](C)COc1ccc(C)c(C)c1)S(C)(=O)=O. The first-order valence-electron chi connectivity index (χ1n) is 10.2. The Hall–Kier alpha value is -2.74. The van der Waals surface area contributed by atoms with Crippen LogP contribution in [0.5, 0.6) is 11.5 Å². The van der Waals surface area contributed by atoms with E-state index in [4.69, 9.17) is 9.47 Å². The number of benzene rings is 2. The summed E-state index contributed by atoms with van der Waals surface area (Å²) in [4.78, 5) is 12.3. The van der Waals surface area contributed by atoms with E-state index in [0.717, 1.165) is 17.6 Å². The highest BCUT2D eigenvalue weighted by Crippen LogP contribution is 2.29. The largest absolute Gasteiger partial charge is 0.495 e. The Morgan fingerprint density at radius 2 is 1.84 bits per heavy atom. The first-order chi connectivity index (χ1) is 14.6. The predicted octanol–water partition coefficient (Wildman–Crippen LogP) is 3.44. The van der Waals surface area contributed by atoms with Crippen LogP contribution < -0.4 is 19.1 Å². The number of para-hydroxylation sites is 2. The third-order valence-corrected chi connectivity index (χ3v) is 6.08. The van der Waals surface area contributed by atoms with Gasteiger partial charge in [0.15, 0.2) is 0 Å². The monoisotopic (exact) mass is 448 g/mol. The van der Waals surface area contributed by atoms with E-state index in [0.29, 0.717) is 24.5 Å². The number of sulfonamides is 1. The van der Waals surface area contributed by atoms with Crippen molar-refractivity contribution in [3.63, 3.8) is 0 Å². The molecule has 31 heavy (non-hydrogen) atoms. The molecule has 2 rings (SSSR count). The van der Waals surface area contributed by atoms with Gasteiger partial charge in [0, 0.05) is 13.0 Å². The maximum atomic E-state index is 12.3. The third kappa shape index (κ3) is 7.47.